The Bertz CT molecular complexity index is 1140. The first-order chi connectivity index (χ1) is 13.8. The van der Waals surface area contributed by atoms with Crippen molar-refractivity contribution < 1.29 is 46.4 Å². The van der Waals surface area contributed by atoms with E-state index in [4.69, 9.17) is 9.11 Å². The fourth-order valence-corrected chi connectivity index (χ4v) is 3.24. The van der Waals surface area contributed by atoms with Crippen molar-refractivity contribution in [2.75, 3.05) is 13.1 Å². The topological polar surface area (TPSA) is 214 Å². The average molecular weight is 460 g/mol. The highest BCUT2D eigenvalue weighted by atomic mass is 32.2. The first kappa shape index (κ1) is 23.1. The number of phenols is 4. The molecule has 0 spiro atoms. The Hall–Kier alpha value is -3.20. The second-order valence-corrected chi connectivity index (χ2v) is 8.62. The number of benzene rings is 2. The van der Waals surface area contributed by atoms with Crippen molar-refractivity contribution in [3.63, 3.8) is 0 Å². The van der Waals surface area contributed by atoms with Gasteiger partial charge in [-0.25, -0.2) is 0 Å². The summed E-state index contributed by atoms with van der Waals surface area (Å²) in [4.78, 5) is 6.43. The second-order valence-electron chi connectivity index (χ2n) is 5.78. The smallest absolute Gasteiger partial charge is 0.294 e. The Morgan fingerprint density at radius 3 is 1.30 bits per heavy atom. The minimum Gasteiger partial charge on any atom is -0.504 e. The molecule has 2 aromatic rings. The van der Waals surface area contributed by atoms with Crippen molar-refractivity contribution in [2.24, 2.45) is 9.98 Å². The molecule has 0 aliphatic carbocycles. The summed E-state index contributed by atoms with van der Waals surface area (Å²) in [6, 6.07) is 3.10. The number of aliphatic imine (C=N–C) groups is 2. The minimum atomic E-state index is -4.62. The third-order valence-corrected chi connectivity index (χ3v) is 5.26. The molecule has 2 aromatic carbocycles. The molecule has 30 heavy (non-hydrogen) atoms. The number of hydrogen-bond acceptors (Lipinski definition) is 10. The van der Waals surface area contributed by atoms with Crippen molar-refractivity contribution in [3.05, 3.63) is 35.4 Å². The Morgan fingerprint density at radius 2 is 1.00 bits per heavy atom. The molecule has 0 aromatic heterocycles. The maximum absolute atomic E-state index is 11.1. The molecule has 0 atom stereocenters. The molecule has 0 amide bonds. The zero-order valence-corrected chi connectivity index (χ0v) is 16.5. The summed E-state index contributed by atoms with van der Waals surface area (Å²) in [5, 5.41) is 38.5. The van der Waals surface area contributed by atoms with E-state index < -0.39 is 53.0 Å². The Balaban J connectivity index is 2.13. The molecule has 162 valence electrons. The van der Waals surface area contributed by atoms with E-state index in [1.165, 1.54) is 0 Å². The van der Waals surface area contributed by atoms with Gasteiger partial charge in [0.05, 0.1) is 22.9 Å². The third kappa shape index (κ3) is 5.66. The highest BCUT2D eigenvalue weighted by molar-refractivity contribution is 7.86. The van der Waals surface area contributed by atoms with Crippen molar-refractivity contribution in [2.45, 2.75) is 9.79 Å². The van der Waals surface area contributed by atoms with Gasteiger partial charge in [0.1, 0.15) is 0 Å². The van der Waals surface area contributed by atoms with Gasteiger partial charge in [0, 0.05) is 35.7 Å². The van der Waals surface area contributed by atoms with Gasteiger partial charge in [-0.3, -0.25) is 19.1 Å². The summed E-state index contributed by atoms with van der Waals surface area (Å²) < 4.78 is 62.6. The largest absolute Gasteiger partial charge is 0.504 e. The zero-order chi connectivity index (χ0) is 22.7. The molecule has 0 bridgehead atoms. The summed E-state index contributed by atoms with van der Waals surface area (Å²) in [6.07, 6.45) is 2.06. The normalized spacial score (nSPS) is 12.7. The van der Waals surface area contributed by atoms with Crippen LogP contribution in [0.1, 0.15) is 11.1 Å². The SMILES string of the molecule is O=S(=O)(O)c1cc(O)c(O)c(C=NCCN=Cc2cc(S(=O)(=O)O)cc(O)c2O)c1. The maximum atomic E-state index is 11.1. The van der Waals surface area contributed by atoms with Crippen LogP contribution in [0.4, 0.5) is 0 Å². The van der Waals surface area contributed by atoms with E-state index in [0.717, 1.165) is 24.6 Å². The van der Waals surface area contributed by atoms with E-state index in [1.807, 2.05) is 0 Å². The van der Waals surface area contributed by atoms with Crippen molar-refractivity contribution >= 4 is 32.7 Å². The van der Waals surface area contributed by atoms with E-state index in [1.54, 1.807) is 0 Å². The lowest BCUT2D eigenvalue weighted by molar-refractivity contribution is 0.401. The van der Waals surface area contributed by atoms with Crippen LogP contribution in [0, 0.1) is 0 Å². The van der Waals surface area contributed by atoms with Crippen molar-refractivity contribution in [1.82, 2.24) is 0 Å². The van der Waals surface area contributed by atoms with Gasteiger partial charge >= 0.3 is 0 Å². The summed E-state index contributed by atoms with van der Waals surface area (Å²) >= 11 is 0. The lowest BCUT2D eigenvalue weighted by Crippen LogP contribution is -2.00. The number of rotatable bonds is 7. The van der Waals surface area contributed by atoms with Crippen LogP contribution in [0.5, 0.6) is 23.0 Å². The minimum absolute atomic E-state index is 0.0163. The first-order valence-corrected chi connectivity index (χ1v) is 10.8. The van der Waals surface area contributed by atoms with Crippen LogP contribution in [0.2, 0.25) is 0 Å². The van der Waals surface area contributed by atoms with Crippen LogP contribution in [0.15, 0.2) is 44.0 Å². The van der Waals surface area contributed by atoms with Crippen molar-refractivity contribution in [3.8, 4) is 23.0 Å². The summed E-state index contributed by atoms with van der Waals surface area (Å²) in [6.45, 7) is -0.0327. The van der Waals surface area contributed by atoms with Crippen LogP contribution in [0.25, 0.3) is 0 Å². The number of aromatic hydroxyl groups is 4. The number of phenolic OH excluding ortho intramolecular Hbond substituents is 4. The molecule has 0 unspecified atom stereocenters. The third-order valence-electron chi connectivity index (χ3n) is 3.60. The lowest BCUT2D eigenvalue weighted by atomic mass is 10.2. The van der Waals surface area contributed by atoms with Crippen LogP contribution in [0.3, 0.4) is 0 Å². The van der Waals surface area contributed by atoms with E-state index in [9.17, 15) is 37.3 Å². The first-order valence-electron chi connectivity index (χ1n) is 7.87. The molecule has 2 rings (SSSR count). The second kappa shape index (κ2) is 8.66. The van der Waals surface area contributed by atoms with E-state index >= 15 is 0 Å². The molecule has 0 aliphatic rings. The fraction of sp³-hybridized carbons (Fsp3) is 0.125. The summed E-state index contributed by atoms with van der Waals surface area (Å²) in [5.41, 5.74) is -0.370. The molecular formula is C16H16N2O10S2. The van der Waals surface area contributed by atoms with Gasteiger partial charge in [-0.15, -0.1) is 0 Å². The lowest BCUT2D eigenvalue weighted by Gasteiger charge is -2.05. The maximum Gasteiger partial charge on any atom is 0.294 e. The predicted octanol–water partition coefficient (Wildman–Crippen LogP) is 0.540. The number of hydrogen-bond donors (Lipinski definition) is 6. The molecule has 0 radical (unpaired) electrons. The van der Waals surface area contributed by atoms with Gasteiger partial charge in [-0.05, 0) is 12.1 Å². The number of nitrogens with zero attached hydrogens (tertiary/aromatic N) is 2. The van der Waals surface area contributed by atoms with Gasteiger partial charge in [-0.1, -0.05) is 0 Å². The monoisotopic (exact) mass is 460 g/mol. The molecule has 0 aliphatic heterocycles. The Labute approximate surface area is 170 Å². The highest BCUT2D eigenvalue weighted by Crippen LogP contribution is 2.32. The van der Waals surface area contributed by atoms with Gasteiger partial charge in [0.15, 0.2) is 23.0 Å². The molecule has 0 heterocycles. The Kier molecular flexibility index (Phi) is 6.66. The van der Waals surface area contributed by atoms with Crippen LogP contribution in [-0.4, -0.2) is 71.9 Å². The fourth-order valence-electron chi connectivity index (χ4n) is 2.16. The molecule has 0 fully saturated rings. The molecule has 14 heteroatoms. The quantitative estimate of drug-likeness (QED) is 0.146. The predicted molar refractivity (Wildman–Crippen MR) is 104 cm³/mol. The van der Waals surface area contributed by atoms with E-state index in [-0.39, 0.29) is 24.2 Å². The van der Waals surface area contributed by atoms with Gasteiger partial charge in [0.2, 0.25) is 0 Å². The standard InChI is InChI=1S/C16H16N2O10S2/c19-13-5-11(29(23,24)25)3-9(15(13)21)7-17-1-2-18-8-10-4-12(30(26,27)28)6-14(20)16(10)22/h3-8,19-22H,1-2H2,(H,23,24,25)(H,26,27,28). The molecule has 6 N–H and O–H groups in total. The van der Waals surface area contributed by atoms with Crippen molar-refractivity contribution in [1.29, 1.82) is 0 Å². The Morgan fingerprint density at radius 1 is 0.667 bits per heavy atom. The highest BCUT2D eigenvalue weighted by Gasteiger charge is 2.17. The van der Waals surface area contributed by atoms with Gasteiger partial charge in [-0.2, -0.15) is 16.8 Å². The van der Waals surface area contributed by atoms with Gasteiger partial charge in [0.25, 0.3) is 20.2 Å². The van der Waals surface area contributed by atoms with E-state index in [2.05, 4.69) is 9.98 Å². The molecule has 0 saturated carbocycles. The zero-order valence-electron chi connectivity index (χ0n) is 14.9. The summed E-state index contributed by atoms with van der Waals surface area (Å²) in [5.74, 6) is -2.87. The summed E-state index contributed by atoms with van der Waals surface area (Å²) in [7, 11) is -9.23. The molecule has 0 saturated heterocycles. The van der Waals surface area contributed by atoms with Crippen LogP contribution in [-0.2, 0) is 20.2 Å². The van der Waals surface area contributed by atoms with Crippen LogP contribution >= 0.6 is 0 Å². The average Bonchev–Trinajstić information content (AvgIpc) is 2.62. The van der Waals surface area contributed by atoms with Crippen LogP contribution < -0.4 is 0 Å². The molecule has 12 nitrogen and oxygen atoms in total. The van der Waals surface area contributed by atoms with Gasteiger partial charge < -0.3 is 20.4 Å². The van der Waals surface area contributed by atoms with E-state index in [0.29, 0.717) is 12.1 Å². The molecular weight excluding hydrogens is 444 g/mol.